The lowest BCUT2D eigenvalue weighted by Crippen LogP contribution is -2.40. The van der Waals surface area contributed by atoms with Crippen LogP contribution in [0.3, 0.4) is 0 Å². The Morgan fingerprint density at radius 2 is 0.925 bits per heavy atom. The van der Waals surface area contributed by atoms with Gasteiger partial charge in [-0.3, -0.25) is 20.2 Å². The summed E-state index contributed by atoms with van der Waals surface area (Å²) in [7, 11) is 0. The number of carbonyl (C=O) groups excluding carboxylic acids is 3. The number of rotatable bonds is 12. The zero-order valence-electron chi connectivity index (χ0n) is 30.8. The van der Waals surface area contributed by atoms with Gasteiger partial charge in [-0.15, -0.1) is 6.10 Å². The highest BCUT2D eigenvalue weighted by Gasteiger charge is 2.32. The smallest absolute Gasteiger partial charge is 0.269 e. The molecule has 0 spiro atoms. The SMILES string of the molecule is CC(=O)CC1CC(Oc2ccc(N)cc2)C1.CC(=O)CC1CC(Oc2ccc([N+](=O)[O-])cc2)C1.CC(=O)CC1CC([O-])C1.Cc1ccc([N+](=O)[O-])cc1. The third kappa shape index (κ3) is 15.9. The van der Waals surface area contributed by atoms with Crippen molar-refractivity contribution in [1.82, 2.24) is 0 Å². The molecule has 2 N–H and O–H groups in total. The second-order valence-electron chi connectivity index (χ2n) is 14.2. The minimum absolute atomic E-state index is 0.0606. The molecule has 3 saturated carbocycles. The van der Waals surface area contributed by atoms with Crippen molar-refractivity contribution in [2.75, 3.05) is 5.73 Å². The van der Waals surface area contributed by atoms with Gasteiger partial charge in [0.15, 0.2) is 0 Å². The van der Waals surface area contributed by atoms with E-state index in [1.54, 1.807) is 45.0 Å². The number of carbonyl (C=O) groups is 3. The number of hydrogen-bond acceptors (Lipinski definition) is 11. The minimum atomic E-state index is -0.435. The van der Waals surface area contributed by atoms with Crippen molar-refractivity contribution in [3.63, 3.8) is 0 Å². The Bertz CT molecular complexity index is 1640. The number of ketones is 3. The van der Waals surface area contributed by atoms with E-state index in [2.05, 4.69) is 0 Å². The van der Waals surface area contributed by atoms with Crippen molar-refractivity contribution < 1.29 is 38.8 Å². The quantitative estimate of drug-likeness (QED) is 0.112. The highest BCUT2D eigenvalue weighted by Crippen LogP contribution is 2.35. The summed E-state index contributed by atoms with van der Waals surface area (Å²) in [4.78, 5) is 52.0. The van der Waals surface area contributed by atoms with Crippen LogP contribution in [0.2, 0.25) is 0 Å². The van der Waals surface area contributed by atoms with Crippen LogP contribution < -0.4 is 20.3 Å². The molecule has 0 bridgehead atoms. The van der Waals surface area contributed by atoms with Crippen LogP contribution in [-0.2, 0) is 14.4 Å². The lowest BCUT2D eigenvalue weighted by atomic mass is 9.79. The number of nitrogens with zero attached hydrogens (tertiary/aromatic N) is 2. The van der Waals surface area contributed by atoms with Gasteiger partial charge < -0.3 is 34.7 Å². The van der Waals surface area contributed by atoms with Crippen LogP contribution in [-0.4, -0.2) is 45.5 Å². The van der Waals surface area contributed by atoms with Crippen molar-refractivity contribution in [2.45, 2.75) is 104 Å². The minimum Gasteiger partial charge on any atom is -0.852 e. The van der Waals surface area contributed by atoms with E-state index in [0.717, 1.165) is 55.5 Å². The molecule has 3 aliphatic carbocycles. The van der Waals surface area contributed by atoms with E-state index in [1.165, 1.54) is 24.3 Å². The molecule has 0 amide bonds. The Hall–Kier alpha value is -5.17. The van der Waals surface area contributed by atoms with Gasteiger partial charge >= 0.3 is 0 Å². The molecule has 0 saturated heterocycles. The van der Waals surface area contributed by atoms with Crippen LogP contribution in [0.5, 0.6) is 11.5 Å². The maximum Gasteiger partial charge on any atom is 0.269 e. The van der Waals surface area contributed by atoms with Crippen LogP contribution in [0.15, 0.2) is 72.8 Å². The Balaban J connectivity index is 0.000000198. The summed E-state index contributed by atoms with van der Waals surface area (Å²) in [5.41, 5.74) is 7.57. The van der Waals surface area contributed by atoms with Gasteiger partial charge in [-0.05, 0) is 108 Å². The molecule has 13 nitrogen and oxygen atoms in total. The average Bonchev–Trinajstić information content (AvgIpc) is 3.04. The number of ether oxygens (including phenoxy) is 2. The molecule has 0 radical (unpaired) electrons. The first-order chi connectivity index (χ1) is 25.1. The molecule has 6 rings (SSSR count). The van der Waals surface area contributed by atoms with Crippen molar-refractivity contribution in [2.24, 2.45) is 17.8 Å². The van der Waals surface area contributed by atoms with Crippen molar-refractivity contribution in [3.8, 4) is 11.5 Å². The normalized spacial score (nSPS) is 22.1. The van der Waals surface area contributed by atoms with Crippen LogP contribution in [0.4, 0.5) is 17.1 Å². The number of non-ortho nitro benzene ring substituents is 2. The predicted molar refractivity (Wildman–Crippen MR) is 198 cm³/mol. The van der Waals surface area contributed by atoms with Gasteiger partial charge in [0.25, 0.3) is 11.4 Å². The summed E-state index contributed by atoms with van der Waals surface area (Å²) in [6.07, 6.45) is 7.18. The lowest BCUT2D eigenvalue weighted by molar-refractivity contribution is -0.445. The lowest BCUT2D eigenvalue weighted by Gasteiger charge is -2.39. The summed E-state index contributed by atoms with van der Waals surface area (Å²) in [5, 5.41) is 31.1. The fourth-order valence-electron chi connectivity index (χ4n) is 6.18. The Kier molecular flexibility index (Phi) is 16.5. The van der Waals surface area contributed by atoms with Crippen LogP contribution >= 0.6 is 0 Å². The molecule has 0 unspecified atom stereocenters. The fourth-order valence-corrected chi connectivity index (χ4v) is 6.18. The van der Waals surface area contributed by atoms with E-state index in [-0.39, 0.29) is 47.0 Å². The van der Waals surface area contributed by atoms with Crippen LogP contribution in [0.1, 0.15) is 84.1 Å². The number of nitro groups is 2. The van der Waals surface area contributed by atoms with E-state index in [0.29, 0.717) is 42.8 Å². The van der Waals surface area contributed by atoms with Crippen molar-refractivity contribution >= 4 is 34.4 Å². The zero-order valence-corrected chi connectivity index (χ0v) is 30.8. The van der Waals surface area contributed by atoms with E-state index >= 15 is 0 Å². The molecular weight excluding hydrogens is 682 g/mol. The van der Waals surface area contributed by atoms with Gasteiger partial charge in [0.2, 0.25) is 0 Å². The van der Waals surface area contributed by atoms with Crippen LogP contribution in [0.25, 0.3) is 0 Å². The molecule has 286 valence electrons. The van der Waals surface area contributed by atoms with Gasteiger partial charge in [-0.25, -0.2) is 0 Å². The number of anilines is 1. The molecule has 3 aromatic carbocycles. The maximum atomic E-state index is 10.9. The zero-order chi connectivity index (χ0) is 39.1. The molecule has 3 fully saturated rings. The summed E-state index contributed by atoms with van der Waals surface area (Å²) in [5.74, 6) is 3.59. The van der Waals surface area contributed by atoms with Crippen LogP contribution in [0, 0.1) is 44.9 Å². The van der Waals surface area contributed by atoms with Gasteiger partial charge in [0.05, 0.1) is 22.1 Å². The summed E-state index contributed by atoms with van der Waals surface area (Å²) in [6.45, 7) is 6.72. The molecule has 3 aliphatic rings. The fraction of sp³-hybridized carbons (Fsp3) is 0.475. The molecule has 0 aromatic heterocycles. The second-order valence-corrected chi connectivity index (χ2v) is 14.2. The van der Waals surface area contributed by atoms with E-state index in [1.807, 2.05) is 31.2 Å². The molecule has 53 heavy (non-hydrogen) atoms. The maximum absolute atomic E-state index is 10.9. The summed E-state index contributed by atoms with van der Waals surface area (Å²) < 4.78 is 11.4. The third-order valence-corrected chi connectivity index (χ3v) is 9.08. The Morgan fingerprint density at radius 1 is 0.604 bits per heavy atom. The standard InChI is InChI=1S/C13H15NO4.C13H17NO2.C7H7NO2.C7H11O2/c1-9(15)6-10-7-13(8-10)18-12-4-2-11(3-5-12)14(16)17;1-9(15)6-10-7-13(8-10)16-12-4-2-11(14)3-5-12;1-6-2-4-7(5-3-6)8(9)10;1-5(8)2-6-3-7(9)4-6/h2-5,10,13H,6-8H2,1H3;2-5,10,13H,6-8,14H2,1H3;2-5H,1H3;6-7H,2-4H2,1H3/q;;;-1. The molecule has 13 heteroatoms. The van der Waals surface area contributed by atoms with Gasteiger partial charge in [-0.1, -0.05) is 30.5 Å². The summed E-state index contributed by atoms with van der Waals surface area (Å²) in [6, 6.07) is 19.9. The molecular formula is C40H50N3O10-. The van der Waals surface area contributed by atoms with Crippen molar-refractivity contribution in [1.29, 1.82) is 0 Å². The monoisotopic (exact) mass is 732 g/mol. The molecule has 0 aliphatic heterocycles. The number of nitrogens with two attached hydrogens (primary N) is 1. The van der Waals surface area contributed by atoms with E-state index in [4.69, 9.17) is 15.2 Å². The Labute approximate surface area is 310 Å². The molecule has 0 atom stereocenters. The molecule has 3 aromatic rings. The first kappa shape index (κ1) is 42.2. The predicted octanol–water partition coefficient (Wildman–Crippen LogP) is 7.14. The summed E-state index contributed by atoms with van der Waals surface area (Å²) >= 11 is 0. The number of nitro benzene ring substituents is 2. The highest BCUT2D eigenvalue weighted by atomic mass is 16.6. The first-order valence-corrected chi connectivity index (χ1v) is 17.8. The van der Waals surface area contributed by atoms with Gasteiger partial charge in [0, 0.05) is 49.2 Å². The molecule has 0 heterocycles. The Morgan fingerprint density at radius 3 is 1.25 bits per heavy atom. The van der Waals surface area contributed by atoms with E-state index in [9.17, 15) is 39.7 Å². The van der Waals surface area contributed by atoms with Crippen molar-refractivity contribution in [3.05, 3.63) is 98.6 Å². The van der Waals surface area contributed by atoms with Gasteiger partial charge in [0.1, 0.15) is 28.8 Å². The third-order valence-electron chi connectivity index (χ3n) is 9.08. The number of Topliss-reactive ketones (excluding diaryl/α,β-unsaturated/α-hetero) is 3. The first-order valence-electron chi connectivity index (χ1n) is 17.8. The number of hydrogen-bond donors (Lipinski definition) is 1. The van der Waals surface area contributed by atoms with E-state index < -0.39 is 9.85 Å². The van der Waals surface area contributed by atoms with Gasteiger partial charge in [-0.2, -0.15) is 0 Å². The number of nitrogen functional groups attached to an aromatic ring is 1. The highest BCUT2D eigenvalue weighted by molar-refractivity contribution is 5.76. The topological polar surface area (TPSA) is 205 Å². The second kappa shape index (κ2) is 20.8. The number of aryl methyl sites for hydroxylation is 1. The average molecular weight is 733 g/mol. The number of benzene rings is 3. The largest absolute Gasteiger partial charge is 0.852 e.